The number of para-hydroxylation sites is 1. The summed E-state index contributed by atoms with van der Waals surface area (Å²) in [5.41, 5.74) is 1.11. The van der Waals surface area contributed by atoms with E-state index < -0.39 is 0 Å². The Bertz CT molecular complexity index is 439. The van der Waals surface area contributed by atoms with Crippen LogP contribution in [0.4, 0.5) is 0 Å². The second-order valence-corrected chi connectivity index (χ2v) is 6.13. The summed E-state index contributed by atoms with van der Waals surface area (Å²) in [4.78, 5) is 11.7. The molecule has 0 aliphatic rings. The molecule has 1 aromatic rings. The van der Waals surface area contributed by atoms with Crippen molar-refractivity contribution in [2.24, 2.45) is 0 Å². The smallest absolute Gasteiger partial charge is 0.257 e. The maximum absolute atomic E-state index is 11.7. The Morgan fingerprint density at radius 2 is 1.86 bits per heavy atom. The number of carbonyl (C=O) groups is 1. The summed E-state index contributed by atoms with van der Waals surface area (Å²) in [5, 5.41) is 6.08. The van der Waals surface area contributed by atoms with Crippen LogP contribution in [0.15, 0.2) is 24.3 Å². The van der Waals surface area contributed by atoms with Crippen molar-refractivity contribution >= 4 is 5.91 Å². The Kier molecular flexibility index (Phi) is 7.23. The fraction of sp³-hybridized carbons (Fsp3) is 0.588. The number of carbonyl (C=O) groups excluding carboxylic acids is 1. The summed E-state index contributed by atoms with van der Waals surface area (Å²) in [6.45, 7) is 11.0. The first-order chi connectivity index (χ1) is 9.95. The van der Waals surface area contributed by atoms with E-state index in [4.69, 9.17) is 4.74 Å². The lowest BCUT2D eigenvalue weighted by molar-refractivity contribution is -0.123. The van der Waals surface area contributed by atoms with E-state index in [0.29, 0.717) is 6.54 Å². The summed E-state index contributed by atoms with van der Waals surface area (Å²) in [7, 11) is 0. The van der Waals surface area contributed by atoms with Gasteiger partial charge in [-0.25, -0.2) is 0 Å². The molecule has 21 heavy (non-hydrogen) atoms. The highest BCUT2D eigenvalue weighted by atomic mass is 16.5. The van der Waals surface area contributed by atoms with Crippen molar-refractivity contribution in [1.29, 1.82) is 0 Å². The Balaban J connectivity index is 2.40. The zero-order chi connectivity index (χ0) is 15.7. The van der Waals surface area contributed by atoms with Gasteiger partial charge in [-0.1, -0.05) is 45.9 Å². The number of benzene rings is 1. The van der Waals surface area contributed by atoms with Crippen LogP contribution in [-0.4, -0.2) is 32.1 Å². The van der Waals surface area contributed by atoms with Crippen LogP contribution in [0.3, 0.4) is 0 Å². The lowest BCUT2D eigenvalue weighted by Gasteiger charge is -2.22. The SMILES string of the molecule is CCCNCCNC(=O)COc1ccccc1C(C)(C)C. The van der Waals surface area contributed by atoms with Crippen LogP contribution in [0, 0.1) is 0 Å². The molecule has 0 spiro atoms. The zero-order valence-corrected chi connectivity index (χ0v) is 13.7. The normalized spacial score (nSPS) is 11.2. The number of hydrogen-bond acceptors (Lipinski definition) is 3. The molecule has 1 aromatic carbocycles. The van der Waals surface area contributed by atoms with Gasteiger partial charge in [0.2, 0.25) is 0 Å². The Morgan fingerprint density at radius 3 is 2.52 bits per heavy atom. The predicted octanol–water partition coefficient (Wildman–Crippen LogP) is 2.48. The first-order valence-corrected chi connectivity index (χ1v) is 7.65. The highest BCUT2D eigenvalue weighted by Crippen LogP contribution is 2.30. The summed E-state index contributed by atoms with van der Waals surface area (Å²) in [5.74, 6) is 0.696. The van der Waals surface area contributed by atoms with Gasteiger partial charge in [0.1, 0.15) is 5.75 Å². The molecular weight excluding hydrogens is 264 g/mol. The molecule has 0 heterocycles. The van der Waals surface area contributed by atoms with Crippen molar-refractivity contribution in [2.45, 2.75) is 39.5 Å². The van der Waals surface area contributed by atoms with Crippen LogP contribution in [0.5, 0.6) is 5.75 Å². The van der Waals surface area contributed by atoms with Gasteiger partial charge < -0.3 is 15.4 Å². The molecule has 4 nitrogen and oxygen atoms in total. The van der Waals surface area contributed by atoms with Gasteiger partial charge >= 0.3 is 0 Å². The van der Waals surface area contributed by atoms with E-state index in [1.807, 2.05) is 24.3 Å². The minimum atomic E-state index is -0.0861. The third-order valence-electron chi connectivity index (χ3n) is 3.10. The van der Waals surface area contributed by atoms with Crippen LogP contribution in [0.2, 0.25) is 0 Å². The van der Waals surface area contributed by atoms with Crippen LogP contribution < -0.4 is 15.4 Å². The molecule has 118 valence electrons. The molecule has 4 heteroatoms. The largest absolute Gasteiger partial charge is 0.483 e. The number of hydrogen-bond donors (Lipinski definition) is 2. The summed E-state index contributed by atoms with van der Waals surface area (Å²) >= 11 is 0. The van der Waals surface area contributed by atoms with Gasteiger partial charge in [-0.05, 0) is 30.0 Å². The molecule has 0 saturated carbocycles. The third kappa shape index (κ3) is 6.63. The number of rotatable bonds is 8. The fourth-order valence-corrected chi connectivity index (χ4v) is 2.00. The maximum atomic E-state index is 11.7. The van der Waals surface area contributed by atoms with Crippen LogP contribution in [-0.2, 0) is 10.2 Å². The summed E-state index contributed by atoms with van der Waals surface area (Å²) < 4.78 is 5.67. The van der Waals surface area contributed by atoms with E-state index in [0.717, 1.165) is 30.8 Å². The van der Waals surface area contributed by atoms with Crippen LogP contribution in [0.1, 0.15) is 39.7 Å². The molecule has 1 amide bonds. The van der Waals surface area contributed by atoms with Gasteiger partial charge in [-0.15, -0.1) is 0 Å². The van der Waals surface area contributed by atoms with E-state index in [-0.39, 0.29) is 17.9 Å². The first kappa shape index (κ1) is 17.5. The summed E-state index contributed by atoms with van der Waals surface area (Å²) in [6, 6.07) is 7.88. The van der Waals surface area contributed by atoms with Gasteiger partial charge in [0.05, 0.1) is 0 Å². The van der Waals surface area contributed by atoms with Crippen LogP contribution >= 0.6 is 0 Å². The third-order valence-corrected chi connectivity index (χ3v) is 3.10. The number of nitrogens with one attached hydrogen (secondary N) is 2. The average Bonchev–Trinajstić information content (AvgIpc) is 2.44. The molecule has 0 aliphatic carbocycles. The molecule has 0 fully saturated rings. The molecule has 0 aliphatic heterocycles. The van der Waals surface area contributed by atoms with Gasteiger partial charge in [0.25, 0.3) is 5.91 Å². The lowest BCUT2D eigenvalue weighted by atomic mass is 9.86. The Morgan fingerprint density at radius 1 is 1.14 bits per heavy atom. The van der Waals surface area contributed by atoms with E-state index in [1.54, 1.807) is 0 Å². The Hall–Kier alpha value is -1.55. The van der Waals surface area contributed by atoms with Crippen molar-refractivity contribution in [3.8, 4) is 5.75 Å². The molecule has 0 radical (unpaired) electrons. The van der Waals surface area contributed by atoms with Crippen molar-refractivity contribution < 1.29 is 9.53 Å². The van der Waals surface area contributed by atoms with Crippen molar-refractivity contribution in [3.63, 3.8) is 0 Å². The quantitative estimate of drug-likeness (QED) is 0.724. The van der Waals surface area contributed by atoms with Crippen molar-refractivity contribution in [2.75, 3.05) is 26.2 Å². The van der Waals surface area contributed by atoms with Gasteiger partial charge in [-0.3, -0.25) is 4.79 Å². The highest BCUT2D eigenvalue weighted by molar-refractivity contribution is 5.77. The minimum Gasteiger partial charge on any atom is -0.483 e. The minimum absolute atomic E-state index is 0.00284. The van der Waals surface area contributed by atoms with E-state index in [2.05, 4.69) is 38.3 Å². The van der Waals surface area contributed by atoms with E-state index >= 15 is 0 Å². The molecule has 0 aromatic heterocycles. The number of ether oxygens (including phenoxy) is 1. The summed E-state index contributed by atoms with van der Waals surface area (Å²) in [6.07, 6.45) is 1.10. The van der Waals surface area contributed by atoms with E-state index in [1.165, 1.54) is 0 Å². The fourth-order valence-electron chi connectivity index (χ4n) is 2.00. The Labute approximate surface area is 128 Å². The topological polar surface area (TPSA) is 50.4 Å². The monoisotopic (exact) mass is 292 g/mol. The average molecular weight is 292 g/mol. The second-order valence-electron chi connectivity index (χ2n) is 6.13. The standard InChI is InChI=1S/C17H28N2O2/c1-5-10-18-11-12-19-16(20)13-21-15-9-7-6-8-14(15)17(2,3)4/h6-9,18H,5,10-13H2,1-4H3,(H,19,20). The predicted molar refractivity (Wildman–Crippen MR) is 86.8 cm³/mol. The molecule has 0 bridgehead atoms. The first-order valence-electron chi connectivity index (χ1n) is 7.65. The number of amides is 1. The van der Waals surface area contributed by atoms with Gasteiger partial charge in [-0.2, -0.15) is 0 Å². The molecule has 2 N–H and O–H groups in total. The zero-order valence-electron chi connectivity index (χ0n) is 13.7. The molecule has 0 saturated heterocycles. The molecule has 0 atom stereocenters. The van der Waals surface area contributed by atoms with Gasteiger partial charge in [0, 0.05) is 13.1 Å². The molecule has 0 unspecified atom stereocenters. The molecule has 1 rings (SSSR count). The molecular formula is C17H28N2O2. The van der Waals surface area contributed by atoms with E-state index in [9.17, 15) is 4.79 Å². The van der Waals surface area contributed by atoms with Gasteiger partial charge in [0.15, 0.2) is 6.61 Å². The second kappa shape index (κ2) is 8.67. The van der Waals surface area contributed by atoms with Crippen molar-refractivity contribution in [1.82, 2.24) is 10.6 Å². The lowest BCUT2D eigenvalue weighted by Crippen LogP contribution is -2.35. The highest BCUT2D eigenvalue weighted by Gasteiger charge is 2.18. The van der Waals surface area contributed by atoms with Crippen LogP contribution in [0.25, 0.3) is 0 Å². The van der Waals surface area contributed by atoms with Crippen molar-refractivity contribution in [3.05, 3.63) is 29.8 Å². The maximum Gasteiger partial charge on any atom is 0.257 e.